The zero-order chi connectivity index (χ0) is 8.77. The van der Waals surface area contributed by atoms with Crippen molar-refractivity contribution >= 4 is 11.6 Å². The summed E-state index contributed by atoms with van der Waals surface area (Å²) >= 11 is 5.91. The number of hydrogen-bond donors (Lipinski definition) is 1. The van der Waals surface area contributed by atoms with Gasteiger partial charge >= 0.3 is 0 Å². The predicted octanol–water partition coefficient (Wildman–Crippen LogP) is 2.56. The maximum absolute atomic E-state index is 5.91. The van der Waals surface area contributed by atoms with E-state index in [-0.39, 0.29) is 5.54 Å². The molecule has 0 amide bonds. The van der Waals surface area contributed by atoms with E-state index >= 15 is 0 Å². The molecule has 0 radical (unpaired) electrons. The van der Waals surface area contributed by atoms with Gasteiger partial charge in [-0.1, -0.05) is 29.8 Å². The Morgan fingerprint density at radius 3 is 3.00 bits per heavy atom. The summed E-state index contributed by atoms with van der Waals surface area (Å²) < 4.78 is 0. The third-order valence-electron chi connectivity index (χ3n) is 2.52. The average molecular weight is 182 g/mol. The molecule has 0 aromatic carbocycles. The third-order valence-corrected chi connectivity index (χ3v) is 2.77. The van der Waals surface area contributed by atoms with Crippen LogP contribution in [0.3, 0.4) is 0 Å². The van der Waals surface area contributed by atoms with Crippen LogP contribution in [0.15, 0.2) is 35.0 Å². The van der Waals surface area contributed by atoms with Crippen molar-refractivity contribution < 1.29 is 0 Å². The summed E-state index contributed by atoms with van der Waals surface area (Å²) in [5.41, 5.74) is 1.29. The maximum atomic E-state index is 5.91. The molecule has 0 saturated carbocycles. The minimum Gasteiger partial charge on any atom is -0.379 e. The number of halogens is 1. The zero-order valence-electron chi connectivity index (χ0n) is 7.26. The lowest BCUT2D eigenvalue weighted by molar-refractivity contribution is 0.451. The highest BCUT2D eigenvalue weighted by molar-refractivity contribution is 6.31. The molecular weight excluding hydrogens is 170 g/mol. The van der Waals surface area contributed by atoms with E-state index in [4.69, 9.17) is 11.6 Å². The molecule has 64 valence electrons. The van der Waals surface area contributed by atoms with Crippen LogP contribution < -0.4 is 5.32 Å². The van der Waals surface area contributed by atoms with Crippen LogP contribution >= 0.6 is 11.6 Å². The first-order chi connectivity index (χ1) is 5.60. The number of fused-ring (bicyclic) bond motifs is 1. The Hall–Kier alpha value is -0.690. The van der Waals surface area contributed by atoms with Crippen LogP contribution in [0.1, 0.15) is 13.8 Å². The Morgan fingerprint density at radius 2 is 2.25 bits per heavy atom. The molecule has 0 spiro atoms. The molecule has 1 heterocycles. The fraction of sp³-hybridized carbons (Fsp3) is 0.400. The van der Waals surface area contributed by atoms with Gasteiger partial charge in [0.05, 0.1) is 5.54 Å². The van der Waals surface area contributed by atoms with E-state index < -0.39 is 0 Å². The summed E-state index contributed by atoms with van der Waals surface area (Å²) in [7, 11) is 0. The topological polar surface area (TPSA) is 12.0 Å². The summed E-state index contributed by atoms with van der Waals surface area (Å²) in [6, 6.07) is 0. The first kappa shape index (κ1) is 7.93. The third kappa shape index (κ3) is 1.09. The van der Waals surface area contributed by atoms with E-state index in [9.17, 15) is 0 Å². The van der Waals surface area contributed by atoms with Gasteiger partial charge in [0, 0.05) is 16.6 Å². The molecule has 0 bridgehead atoms. The van der Waals surface area contributed by atoms with Crippen LogP contribution in [-0.4, -0.2) is 5.54 Å². The second kappa shape index (κ2) is 2.40. The summed E-state index contributed by atoms with van der Waals surface area (Å²) in [5.74, 6) is 0.412. The monoisotopic (exact) mass is 181 g/mol. The highest BCUT2D eigenvalue weighted by Crippen LogP contribution is 2.34. The maximum Gasteiger partial charge on any atom is 0.0626 e. The zero-order valence-corrected chi connectivity index (χ0v) is 8.02. The Kier molecular flexibility index (Phi) is 1.58. The van der Waals surface area contributed by atoms with Crippen molar-refractivity contribution in [3.63, 3.8) is 0 Å². The van der Waals surface area contributed by atoms with Crippen LogP contribution in [-0.2, 0) is 0 Å². The summed E-state index contributed by atoms with van der Waals surface area (Å²) in [5, 5.41) is 4.26. The quantitative estimate of drug-likeness (QED) is 0.606. The van der Waals surface area contributed by atoms with Crippen molar-refractivity contribution in [2.24, 2.45) is 5.92 Å². The Bertz CT molecular complexity index is 301. The number of rotatable bonds is 0. The Balaban J connectivity index is 2.37. The van der Waals surface area contributed by atoms with Gasteiger partial charge in [0.15, 0.2) is 0 Å². The number of nitrogens with one attached hydrogen (secondary N) is 1. The standard InChI is InChI=1S/C10H12ClN/c1-7-5-8-6-9(11)3-4-10(8,2)12-7/h3-6,8,12H,1-2H3/t8?,10-/m0/s1. The van der Waals surface area contributed by atoms with Gasteiger partial charge in [-0.25, -0.2) is 0 Å². The summed E-state index contributed by atoms with van der Waals surface area (Å²) in [6.45, 7) is 4.26. The molecule has 1 unspecified atom stereocenters. The predicted molar refractivity (Wildman–Crippen MR) is 51.9 cm³/mol. The molecule has 1 nitrogen and oxygen atoms in total. The second-order valence-electron chi connectivity index (χ2n) is 3.67. The SMILES string of the molecule is CC1=CC2C=C(Cl)C=C[C@]2(C)N1. The Morgan fingerprint density at radius 1 is 1.50 bits per heavy atom. The molecule has 2 heteroatoms. The molecule has 0 aromatic rings. The summed E-state index contributed by atoms with van der Waals surface area (Å²) in [4.78, 5) is 0. The van der Waals surface area contributed by atoms with Gasteiger partial charge in [-0.05, 0) is 19.9 Å². The fourth-order valence-corrected chi connectivity index (χ4v) is 2.04. The molecule has 2 atom stereocenters. The van der Waals surface area contributed by atoms with Gasteiger partial charge in [0.25, 0.3) is 0 Å². The lowest BCUT2D eigenvalue weighted by atomic mass is 9.85. The van der Waals surface area contributed by atoms with Crippen LogP contribution in [0.4, 0.5) is 0 Å². The van der Waals surface area contributed by atoms with Gasteiger partial charge in [0.1, 0.15) is 0 Å². The smallest absolute Gasteiger partial charge is 0.0626 e. The van der Waals surface area contributed by atoms with E-state index in [0.29, 0.717) is 5.92 Å². The fourth-order valence-electron chi connectivity index (χ4n) is 1.85. The molecule has 0 fully saturated rings. The summed E-state index contributed by atoms with van der Waals surface area (Å²) in [6.07, 6.45) is 8.39. The lowest BCUT2D eigenvalue weighted by Gasteiger charge is -2.30. The largest absolute Gasteiger partial charge is 0.379 e. The van der Waals surface area contributed by atoms with Crippen LogP contribution in [0.25, 0.3) is 0 Å². The number of allylic oxidation sites excluding steroid dienone is 3. The van der Waals surface area contributed by atoms with E-state index in [1.54, 1.807) is 0 Å². The van der Waals surface area contributed by atoms with E-state index in [0.717, 1.165) is 5.03 Å². The van der Waals surface area contributed by atoms with Gasteiger partial charge < -0.3 is 5.32 Å². The molecule has 0 saturated heterocycles. The lowest BCUT2D eigenvalue weighted by Crippen LogP contribution is -2.40. The van der Waals surface area contributed by atoms with Crippen LogP contribution in [0.2, 0.25) is 0 Å². The van der Waals surface area contributed by atoms with Crippen LogP contribution in [0.5, 0.6) is 0 Å². The average Bonchev–Trinajstić information content (AvgIpc) is 2.24. The van der Waals surface area contributed by atoms with Crippen molar-refractivity contribution in [2.75, 3.05) is 0 Å². The number of hydrogen-bond acceptors (Lipinski definition) is 1. The van der Waals surface area contributed by atoms with Gasteiger partial charge in [0.2, 0.25) is 0 Å². The van der Waals surface area contributed by atoms with Gasteiger partial charge in [-0.2, -0.15) is 0 Å². The molecule has 2 aliphatic rings. The Labute approximate surface area is 77.8 Å². The van der Waals surface area contributed by atoms with Crippen molar-refractivity contribution in [3.8, 4) is 0 Å². The highest BCUT2D eigenvalue weighted by atomic mass is 35.5. The molecule has 1 N–H and O–H groups in total. The van der Waals surface area contributed by atoms with E-state index in [1.165, 1.54) is 5.70 Å². The van der Waals surface area contributed by atoms with Gasteiger partial charge in [-0.15, -0.1) is 0 Å². The molecular formula is C10H12ClN. The second-order valence-corrected chi connectivity index (χ2v) is 4.10. The minimum absolute atomic E-state index is 0.0580. The normalized spacial score (nSPS) is 38.4. The molecule has 0 aromatic heterocycles. The molecule has 1 aliphatic heterocycles. The highest BCUT2D eigenvalue weighted by Gasteiger charge is 2.35. The molecule has 1 aliphatic carbocycles. The molecule has 2 rings (SSSR count). The van der Waals surface area contributed by atoms with E-state index in [2.05, 4.69) is 37.4 Å². The van der Waals surface area contributed by atoms with Crippen molar-refractivity contribution in [1.82, 2.24) is 5.32 Å². The van der Waals surface area contributed by atoms with Crippen LogP contribution in [0, 0.1) is 5.92 Å². The molecule has 12 heavy (non-hydrogen) atoms. The first-order valence-corrected chi connectivity index (χ1v) is 4.51. The van der Waals surface area contributed by atoms with Crippen molar-refractivity contribution in [3.05, 3.63) is 35.0 Å². The van der Waals surface area contributed by atoms with E-state index in [1.807, 2.05) is 6.08 Å². The van der Waals surface area contributed by atoms with Crippen molar-refractivity contribution in [1.29, 1.82) is 0 Å². The van der Waals surface area contributed by atoms with Crippen molar-refractivity contribution in [2.45, 2.75) is 19.4 Å². The first-order valence-electron chi connectivity index (χ1n) is 4.13. The minimum atomic E-state index is 0.0580. The van der Waals surface area contributed by atoms with Gasteiger partial charge in [-0.3, -0.25) is 0 Å².